The molecule has 0 amide bonds. The maximum Gasteiger partial charge on any atom is 0.305 e. The van der Waals surface area contributed by atoms with Crippen molar-refractivity contribution in [2.75, 3.05) is 72.7 Å². The summed E-state index contributed by atoms with van der Waals surface area (Å²) in [4.78, 5) is 21.9. The van der Waals surface area contributed by atoms with E-state index in [0.717, 1.165) is 13.0 Å². The largest absolute Gasteiger partial charge is 0.481 e. The maximum atomic E-state index is 11.5. The van der Waals surface area contributed by atoms with Crippen LogP contribution in [0, 0.1) is 0 Å². The predicted molar refractivity (Wildman–Crippen MR) is 161 cm³/mol. The van der Waals surface area contributed by atoms with Crippen LogP contribution in [-0.2, 0) is 38.0 Å². The van der Waals surface area contributed by atoms with Crippen LogP contribution in [-0.4, -0.2) is 89.7 Å². The first-order valence-electron chi connectivity index (χ1n) is 16.4. The lowest BCUT2D eigenvalue weighted by Crippen LogP contribution is -2.15. The third-order valence-electron chi connectivity index (χ3n) is 6.64. The lowest BCUT2D eigenvalue weighted by Gasteiger charge is -2.08. The fourth-order valence-corrected chi connectivity index (χ4v) is 4.21. The Morgan fingerprint density at radius 2 is 0.756 bits per heavy atom. The first-order valence-corrected chi connectivity index (χ1v) is 16.4. The summed E-state index contributed by atoms with van der Waals surface area (Å²) < 4.78 is 32.4. The van der Waals surface area contributed by atoms with Gasteiger partial charge in [0.15, 0.2) is 0 Å². The van der Waals surface area contributed by atoms with E-state index in [0.29, 0.717) is 72.3 Å². The minimum atomic E-state index is -0.851. The predicted octanol–water partition coefficient (Wildman–Crippen LogP) is 6.74. The van der Waals surface area contributed by atoms with E-state index in [1.807, 2.05) is 0 Å². The number of carbonyl (C=O) groups is 2. The number of carboxylic acids is 1. The quantitative estimate of drug-likeness (QED) is 0.0634. The normalized spacial score (nSPS) is 11.2. The van der Waals surface area contributed by atoms with Crippen LogP contribution in [0.4, 0.5) is 0 Å². The number of hydrogen-bond acceptors (Lipinski definition) is 8. The minimum Gasteiger partial charge on any atom is -0.481 e. The molecule has 41 heavy (non-hydrogen) atoms. The Labute approximate surface area is 250 Å². The number of carbonyl (C=O) groups excluding carboxylic acids is 1. The summed E-state index contributed by atoms with van der Waals surface area (Å²) in [5, 5.41) is 8.54. The van der Waals surface area contributed by atoms with Crippen molar-refractivity contribution in [2.24, 2.45) is 0 Å². The molecular weight excluding hydrogens is 528 g/mol. The molecule has 0 bridgehead atoms. The van der Waals surface area contributed by atoms with Gasteiger partial charge in [0, 0.05) is 19.4 Å². The molecule has 0 aliphatic heterocycles. The molecule has 0 saturated carbocycles. The number of aliphatic carboxylic acids is 1. The molecule has 0 aliphatic carbocycles. The minimum absolute atomic E-state index is 0.0737. The van der Waals surface area contributed by atoms with Gasteiger partial charge in [0.1, 0.15) is 6.61 Å². The molecule has 9 heteroatoms. The molecule has 0 rings (SSSR count). The van der Waals surface area contributed by atoms with Crippen molar-refractivity contribution in [2.45, 2.75) is 122 Å². The van der Waals surface area contributed by atoms with E-state index in [-0.39, 0.29) is 25.4 Å². The average Bonchev–Trinajstić information content (AvgIpc) is 2.96. The molecule has 0 aromatic rings. The molecule has 0 heterocycles. The molecule has 0 aromatic heterocycles. The van der Waals surface area contributed by atoms with Crippen molar-refractivity contribution in [1.82, 2.24) is 0 Å². The van der Waals surface area contributed by atoms with Crippen LogP contribution in [0.15, 0.2) is 0 Å². The molecule has 0 radical (unpaired) electrons. The number of ether oxygens (including phenoxy) is 6. The summed E-state index contributed by atoms with van der Waals surface area (Å²) in [6, 6.07) is 0. The van der Waals surface area contributed by atoms with Crippen LogP contribution in [0.3, 0.4) is 0 Å². The second kappa shape index (κ2) is 34.9. The standard InChI is InChI=1S/C32H62O9/c1-2-3-4-5-6-7-8-9-10-11-12-13-14-17-20-36-21-22-37-23-24-38-25-26-39-27-28-40-29-30-41-32(35)19-16-15-18-31(33)34/h2-30H2,1H3,(H,33,34). The third kappa shape index (κ3) is 36.7. The first kappa shape index (κ1) is 39.7. The Morgan fingerprint density at radius 3 is 1.17 bits per heavy atom. The fraction of sp³-hybridized carbons (Fsp3) is 0.938. The highest BCUT2D eigenvalue weighted by molar-refractivity contribution is 5.69. The Morgan fingerprint density at radius 1 is 0.415 bits per heavy atom. The second-order valence-corrected chi connectivity index (χ2v) is 10.5. The van der Waals surface area contributed by atoms with Crippen molar-refractivity contribution in [3.63, 3.8) is 0 Å². The van der Waals surface area contributed by atoms with E-state index in [1.165, 1.54) is 83.5 Å². The Balaban J connectivity index is 3.09. The Bertz CT molecular complexity index is 545. The molecule has 0 aromatic carbocycles. The molecule has 244 valence electrons. The second-order valence-electron chi connectivity index (χ2n) is 10.5. The molecule has 0 atom stereocenters. The van der Waals surface area contributed by atoms with Gasteiger partial charge in [-0.3, -0.25) is 9.59 Å². The van der Waals surface area contributed by atoms with Crippen molar-refractivity contribution in [3.8, 4) is 0 Å². The van der Waals surface area contributed by atoms with Crippen LogP contribution >= 0.6 is 0 Å². The monoisotopic (exact) mass is 590 g/mol. The van der Waals surface area contributed by atoms with Crippen molar-refractivity contribution in [3.05, 3.63) is 0 Å². The molecule has 0 aliphatic rings. The van der Waals surface area contributed by atoms with Gasteiger partial charge in [0.25, 0.3) is 0 Å². The summed E-state index contributed by atoms with van der Waals surface area (Å²) in [7, 11) is 0. The number of carboxylic acid groups (broad SMARTS) is 1. The zero-order valence-corrected chi connectivity index (χ0v) is 26.2. The van der Waals surface area contributed by atoms with E-state index < -0.39 is 5.97 Å². The van der Waals surface area contributed by atoms with Gasteiger partial charge in [-0.15, -0.1) is 0 Å². The van der Waals surface area contributed by atoms with Gasteiger partial charge in [-0.05, 0) is 19.3 Å². The Hall–Kier alpha value is -1.26. The number of hydrogen-bond donors (Lipinski definition) is 1. The van der Waals surface area contributed by atoms with Crippen LogP contribution in [0.2, 0.25) is 0 Å². The van der Waals surface area contributed by atoms with Crippen molar-refractivity contribution in [1.29, 1.82) is 0 Å². The number of unbranched alkanes of at least 4 members (excludes halogenated alkanes) is 14. The summed E-state index contributed by atoms with van der Waals surface area (Å²) in [5.41, 5.74) is 0. The molecular formula is C32H62O9. The number of rotatable bonds is 35. The van der Waals surface area contributed by atoms with Gasteiger partial charge < -0.3 is 33.5 Å². The fourth-order valence-electron chi connectivity index (χ4n) is 4.21. The van der Waals surface area contributed by atoms with Gasteiger partial charge in [-0.25, -0.2) is 0 Å². The molecule has 0 unspecified atom stereocenters. The third-order valence-corrected chi connectivity index (χ3v) is 6.64. The lowest BCUT2D eigenvalue weighted by atomic mass is 10.0. The van der Waals surface area contributed by atoms with E-state index in [9.17, 15) is 9.59 Å². The molecule has 0 saturated heterocycles. The SMILES string of the molecule is CCCCCCCCCCCCCCCCOCCOCCOCCOCCOCCOC(=O)CCCCC(=O)O. The molecule has 0 spiro atoms. The van der Waals surface area contributed by atoms with Gasteiger partial charge >= 0.3 is 11.9 Å². The Kier molecular flexibility index (Phi) is 33.9. The highest BCUT2D eigenvalue weighted by atomic mass is 16.6. The van der Waals surface area contributed by atoms with Crippen molar-refractivity contribution >= 4 is 11.9 Å². The topological polar surface area (TPSA) is 110 Å². The van der Waals surface area contributed by atoms with Gasteiger partial charge in [0.2, 0.25) is 0 Å². The molecule has 9 nitrogen and oxygen atoms in total. The van der Waals surface area contributed by atoms with Crippen LogP contribution in [0.5, 0.6) is 0 Å². The summed E-state index contributed by atoms with van der Waals surface area (Å²) in [5.74, 6) is -1.18. The average molecular weight is 591 g/mol. The maximum absolute atomic E-state index is 11.5. The smallest absolute Gasteiger partial charge is 0.305 e. The van der Waals surface area contributed by atoms with E-state index in [1.54, 1.807) is 0 Å². The van der Waals surface area contributed by atoms with Gasteiger partial charge in [-0.2, -0.15) is 0 Å². The highest BCUT2D eigenvalue weighted by Crippen LogP contribution is 2.13. The molecule has 1 N–H and O–H groups in total. The lowest BCUT2D eigenvalue weighted by molar-refractivity contribution is -0.146. The van der Waals surface area contributed by atoms with Gasteiger partial charge in [0.05, 0.1) is 59.5 Å². The first-order chi connectivity index (χ1) is 20.2. The summed E-state index contributed by atoms with van der Waals surface area (Å²) in [6.07, 6.45) is 20.4. The van der Waals surface area contributed by atoms with Crippen LogP contribution in [0.1, 0.15) is 122 Å². The van der Waals surface area contributed by atoms with Crippen molar-refractivity contribution < 1.29 is 43.1 Å². The summed E-state index contributed by atoms with van der Waals surface area (Å²) >= 11 is 0. The molecule has 0 fully saturated rings. The van der Waals surface area contributed by atoms with E-state index in [4.69, 9.17) is 33.5 Å². The number of esters is 1. The van der Waals surface area contributed by atoms with Gasteiger partial charge in [-0.1, -0.05) is 90.4 Å². The van der Waals surface area contributed by atoms with Crippen LogP contribution in [0.25, 0.3) is 0 Å². The highest BCUT2D eigenvalue weighted by Gasteiger charge is 2.04. The van der Waals surface area contributed by atoms with Crippen LogP contribution < -0.4 is 0 Å². The summed E-state index contributed by atoms with van der Waals surface area (Å²) in [6.45, 7) is 7.73. The zero-order chi connectivity index (χ0) is 29.9. The van der Waals surface area contributed by atoms with E-state index in [2.05, 4.69) is 6.92 Å². The zero-order valence-electron chi connectivity index (χ0n) is 26.2. The van der Waals surface area contributed by atoms with E-state index >= 15 is 0 Å².